The van der Waals surface area contributed by atoms with Gasteiger partial charge in [-0.15, -0.1) is 0 Å². The van der Waals surface area contributed by atoms with Gasteiger partial charge in [0.2, 0.25) is 5.43 Å². The van der Waals surface area contributed by atoms with Gasteiger partial charge in [0.05, 0.1) is 24.2 Å². The lowest BCUT2D eigenvalue weighted by molar-refractivity contribution is 0.795. The molecule has 0 unspecified atom stereocenters. The SMILES string of the molecule is Cn1ncc2[nH]c3ccc(Cc4ccccc4CC#N)cc3c(=O)c21. The molecule has 1 N–H and O–H groups in total. The van der Waals surface area contributed by atoms with Crippen LogP contribution in [0.25, 0.3) is 21.9 Å². The van der Waals surface area contributed by atoms with Crippen LogP contribution in [0.1, 0.15) is 16.7 Å². The van der Waals surface area contributed by atoms with Crippen molar-refractivity contribution < 1.29 is 0 Å². The second-order valence-corrected chi connectivity index (χ2v) is 6.14. The van der Waals surface area contributed by atoms with Crippen molar-refractivity contribution in [3.8, 4) is 6.07 Å². The molecule has 2 heterocycles. The molecule has 4 rings (SSSR count). The van der Waals surface area contributed by atoms with Crippen LogP contribution in [0.4, 0.5) is 0 Å². The topological polar surface area (TPSA) is 74.5 Å². The van der Waals surface area contributed by atoms with Gasteiger partial charge in [-0.1, -0.05) is 30.3 Å². The predicted octanol–water partition coefficient (Wildman–Crippen LogP) is 3.07. The van der Waals surface area contributed by atoms with Crippen LogP contribution >= 0.6 is 0 Å². The van der Waals surface area contributed by atoms with Crippen LogP contribution in [-0.4, -0.2) is 14.8 Å². The van der Waals surface area contributed by atoms with E-state index in [0.29, 0.717) is 23.7 Å². The Morgan fingerprint density at radius 2 is 1.96 bits per heavy atom. The molecular formula is C20H16N4O. The lowest BCUT2D eigenvalue weighted by Crippen LogP contribution is -2.08. The summed E-state index contributed by atoms with van der Waals surface area (Å²) in [6, 6.07) is 16.0. The number of aromatic nitrogens is 3. The van der Waals surface area contributed by atoms with Gasteiger partial charge in [-0.05, 0) is 35.2 Å². The lowest BCUT2D eigenvalue weighted by atomic mass is 9.97. The zero-order valence-electron chi connectivity index (χ0n) is 13.8. The summed E-state index contributed by atoms with van der Waals surface area (Å²) in [5.74, 6) is 0. The molecule has 0 atom stereocenters. The smallest absolute Gasteiger partial charge is 0.215 e. The minimum absolute atomic E-state index is 0.0177. The molecule has 0 aliphatic carbocycles. The Morgan fingerprint density at radius 1 is 1.16 bits per heavy atom. The van der Waals surface area contributed by atoms with E-state index in [1.165, 1.54) is 0 Å². The van der Waals surface area contributed by atoms with Gasteiger partial charge in [0.25, 0.3) is 0 Å². The summed E-state index contributed by atoms with van der Waals surface area (Å²) in [6.45, 7) is 0. The minimum atomic E-state index is -0.0177. The van der Waals surface area contributed by atoms with Crippen LogP contribution in [0.2, 0.25) is 0 Å². The predicted molar refractivity (Wildman–Crippen MR) is 97.4 cm³/mol. The number of hydrogen-bond acceptors (Lipinski definition) is 3. The number of pyridine rings is 1. The quantitative estimate of drug-likeness (QED) is 0.628. The molecule has 0 amide bonds. The summed E-state index contributed by atoms with van der Waals surface area (Å²) in [4.78, 5) is 16.1. The van der Waals surface area contributed by atoms with Crippen molar-refractivity contribution in [3.63, 3.8) is 0 Å². The van der Waals surface area contributed by atoms with Gasteiger partial charge in [0, 0.05) is 18.0 Å². The van der Waals surface area contributed by atoms with E-state index in [9.17, 15) is 4.79 Å². The molecule has 0 saturated heterocycles. The Hall–Kier alpha value is -3.39. The fourth-order valence-electron chi connectivity index (χ4n) is 3.28. The maximum absolute atomic E-state index is 12.8. The first-order valence-corrected chi connectivity index (χ1v) is 8.08. The standard InChI is InChI=1S/C20H16N4O/c1-24-19-18(12-22-24)23-17-7-6-13(11-16(17)20(19)25)10-15-5-3-2-4-14(15)8-9-21/h2-7,11-12H,8,10H2,1H3,(H,23,25). The van der Waals surface area contributed by atoms with Crippen molar-refractivity contribution in [3.05, 3.63) is 75.6 Å². The van der Waals surface area contributed by atoms with Crippen LogP contribution in [0.15, 0.2) is 53.5 Å². The molecule has 25 heavy (non-hydrogen) atoms. The van der Waals surface area contributed by atoms with E-state index in [4.69, 9.17) is 5.26 Å². The Morgan fingerprint density at radius 3 is 2.76 bits per heavy atom. The van der Waals surface area contributed by atoms with Crippen molar-refractivity contribution in [1.82, 2.24) is 14.8 Å². The number of hydrogen-bond donors (Lipinski definition) is 1. The molecule has 0 saturated carbocycles. The van der Waals surface area contributed by atoms with E-state index in [1.807, 2.05) is 42.5 Å². The highest BCUT2D eigenvalue weighted by molar-refractivity contribution is 5.90. The van der Waals surface area contributed by atoms with E-state index in [1.54, 1.807) is 17.9 Å². The summed E-state index contributed by atoms with van der Waals surface area (Å²) in [6.07, 6.45) is 2.75. The van der Waals surface area contributed by atoms with Crippen molar-refractivity contribution in [2.75, 3.05) is 0 Å². The highest BCUT2D eigenvalue weighted by Crippen LogP contribution is 2.19. The molecule has 4 aromatic rings. The number of aromatic amines is 1. The maximum atomic E-state index is 12.8. The third-order valence-corrected chi connectivity index (χ3v) is 4.53. The van der Waals surface area contributed by atoms with E-state index >= 15 is 0 Å². The monoisotopic (exact) mass is 328 g/mol. The molecule has 0 spiro atoms. The zero-order chi connectivity index (χ0) is 17.4. The van der Waals surface area contributed by atoms with Crippen LogP contribution in [0.3, 0.4) is 0 Å². The first-order chi connectivity index (χ1) is 12.2. The lowest BCUT2D eigenvalue weighted by Gasteiger charge is -2.08. The summed E-state index contributed by atoms with van der Waals surface area (Å²) >= 11 is 0. The number of nitrogens with zero attached hydrogens (tertiary/aromatic N) is 3. The molecule has 122 valence electrons. The zero-order valence-corrected chi connectivity index (χ0v) is 13.8. The van der Waals surface area contributed by atoms with Gasteiger partial charge in [0.15, 0.2) is 0 Å². The van der Waals surface area contributed by atoms with Gasteiger partial charge in [-0.2, -0.15) is 10.4 Å². The van der Waals surface area contributed by atoms with Gasteiger partial charge in [-0.25, -0.2) is 0 Å². The highest BCUT2D eigenvalue weighted by Gasteiger charge is 2.10. The Bertz CT molecular complexity index is 1190. The van der Waals surface area contributed by atoms with Crippen molar-refractivity contribution >= 4 is 21.9 Å². The first-order valence-electron chi connectivity index (χ1n) is 8.08. The third-order valence-electron chi connectivity index (χ3n) is 4.53. The second-order valence-electron chi connectivity index (χ2n) is 6.14. The van der Waals surface area contributed by atoms with E-state index in [2.05, 4.69) is 16.2 Å². The largest absolute Gasteiger partial charge is 0.352 e. The number of nitrogens with one attached hydrogen (secondary N) is 1. The molecule has 5 nitrogen and oxygen atoms in total. The minimum Gasteiger partial charge on any atom is -0.352 e. The number of aryl methyl sites for hydroxylation is 1. The molecule has 5 heteroatoms. The summed E-state index contributed by atoms with van der Waals surface area (Å²) in [7, 11) is 1.77. The first kappa shape index (κ1) is 15.2. The molecule has 0 radical (unpaired) electrons. The van der Waals surface area contributed by atoms with Gasteiger partial charge in [-0.3, -0.25) is 9.48 Å². The fraction of sp³-hybridized carbons (Fsp3) is 0.150. The fourth-order valence-corrected chi connectivity index (χ4v) is 3.28. The molecular weight excluding hydrogens is 312 g/mol. The third kappa shape index (κ3) is 2.58. The summed E-state index contributed by atoms with van der Waals surface area (Å²) < 4.78 is 1.60. The Balaban J connectivity index is 1.83. The number of fused-ring (bicyclic) bond motifs is 2. The van der Waals surface area contributed by atoms with Crippen LogP contribution < -0.4 is 5.43 Å². The molecule has 2 aromatic heterocycles. The number of rotatable bonds is 3. The Kier molecular flexibility index (Phi) is 3.58. The van der Waals surface area contributed by atoms with Gasteiger partial charge < -0.3 is 4.98 Å². The molecule has 0 bridgehead atoms. The van der Waals surface area contributed by atoms with Crippen LogP contribution in [-0.2, 0) is 19.9 Å². The van der Waals surface area contributed by atoms with Crippen molar-refractivity contribution in [1.29, 1.82) is 5.26 Å². The Labute approximate surface area is 144 Å². The summed E-state index contributed by atoms with van der Waals surface area (Å²) in [5.41, 5.74) is 5.30. The average Bonchev–Trinajstić information content (AvgIpc) is 2.99. The number of nitriles is 1. The van der Waals surface area contributed by atoms with Gasteiger partial charge in [0.1, 0.15) is 5.52 Å². The van der Waals surface area contributed by atoms with Crippen LogP contribution in [0.5, 0.6) is 0 Å². The van der Waals surface area contributed by atoms with E-state index in [0.717, 1.165) is 27.7 Å². The number of benzene rings is 2. The van der Waals surface area contributed by atoms with E-state index < -0.39 is 0 Å². The van der Waals surface area contributed by atoms with Crippen LogP contribution in [0, 0.1) is 11.3 Å². The average molecular weight is 328 g/mol. The van der Waals surface area contributed by atoms with E-state index in [-0.39, 0.29) is 5.43 Å². The normalized spacial score (nSPS) is 11.0. The number of H-pyrrole nitrogens is 1. The second kappa shape index (κ2) is 5.91. The van der Waals surface area contributed by atoms with Crippen molar-refractivity contribution in [2.24, 2.45) is 7.05 Å². The van der Waals surface area contributed by atoms with Crippen molar-refractivity contribution in [2.45, 2.75) is 12.8 Å². The molecule has 0 aliphatic heterocycles. The maximum Gasteiger partial charge on any atom is 0.215 e. The highest BCUT2D eigenvalue weighted by atomic mass is 16.1. The van der Waals surface area contributed by atoms with Gasteiger partial charge >= 0.3 is 0 Å². The molecule has 0 fully saturated rings. The molecule has 0 aliphatic rings. The molecule has 2 aromatic carbocycles. The summed E-state index contributed by atoms with van der Waals surface area (Å²) in [5, 5.41) is 13.8.